The summed E-state index contributed by atoms with van der Waals surface area (Å²) in [6.45, 7) is 2.49. The second-order valence-corrected chi connectivity index (χ2v) is 5.48. The molecule has 1 aromatic heterocycles. The van der Waals surface area contributed by atoms with Gasteiger partial charge in [0.05, 0.1) is 0 Å². The van der Waals surface area contributed by atoms with Crippen LogP contribution in [0.1, 0.15) is 30.8 Å². The number of rotatable bonds is 7. The lowest BCUT2D eigenvalue weighted by atomic mass is 10.1. The lowest BCUT2D eigenvalue weighted by molar-refractivity contribution is -0.118. The van der Waals surface area contributed by atoms with E-state index in [0.29, 0.717) is 19.5 Å². The van der Waals surface area contributed by atoms with Crippen LogP contribution in [0.3, 0.4) is 0 Å². The third kappa shape index (κ3) is 5.12. The zero-order chi connectivity index (χ0) is 17.4. The van der Waals surface area contributed by atoms with E-state index < -0.39 is 0 Å². The van der Waals surface area contributed by atoms with Gasteiger partial charge in [0.2, 0.25) is 5.91 Å². The number of nitrogens with one attached hydrogen (secondary N) is 3. The van der Waals surface area contributed by atoms with Crippen LogP contribution in [-0.4, -0.2) is 34.6 Å². The predicted octanol–water partition coefficient (Wildman–Crippen LogP) is 1.33. The number of hydrogen-bond donors (Lipinski definition) is 3. The van der Waals surface area contributed by atoms with Gasteiger partial charge in [0.25, 0.3) is 0 Å². The largest absolute Gasteiger partial charge is 0.356 e. The topological polar surface area (TPSA) is 88.1 Å². The quantitative estimate of drug-likeness (QED) is 0.670. The second kappa shape index (κ2) is 8.71. The minimum absolute atomic E-state index is 0.0709. The van der Waals surface area contributed by atoms with Crippen molar-refractivity contribution in [2.75, 3.05) is 13.1 Å². The number of aromatic nitrogens is 2. The summed E-state index contributed by atoms with van der Waals surface area (Å²) in [7, 11) is 1.89. The molecule has 128 valence electrons. The highest BCUT2D eigenvalue weighted by molar-refractivity contribution is 5.75. The van der Waals surface area contributed by atoms with Crippen molar-refractivity contribution >= 4 is 11.9 Å². The highest BCUT2D eigenvalue weighted by Gasteiger charge is 2.20. The molecule has 0 saturated heterocycles. The standard InChI is InChI=1S/C17H23N5O2/c1-13(23)18-9-6-10-20-17(24)21-15(14-7-4-3-5-8-14)16-19-11-12-22(16)2/h3-5,7-8,11-12,15H,6,9-10H2,1-2H3,(H,18,23)(H2,20,21,24)/t15-/m0/s1. The van der Waals surface area contributed by atoms with Gasteiger partial charge in [0.15, 0.2) is 0 Å². The molecule has 1 atom stereocenters. The number of imidazole rings is 1. The van der Waals surface area contributed by atoms with Crippen molar-refractivity contribution in [1.29, 1.82) is 0 Å². The first-order valence-corrected chi connectivity index (χ1v) is 7.89. The molecule has 24 heavy (non-hydrogen) atoms. The Bertz CT molecular complexity index is 669. The molecule has 1 heterocycles. The van der Waals surface area contributed by atoms with Crippen LogP contribution in [0.4, 0.5) is 4.79 Å². The molecule has 0 fully saturated rings. The SMILES string of the molecule is CC(=O)NCCCNC(=O)N[C@@H](c1ccccc1)c1nccn1C. The van der Waals surface area contributed by atoms with Gasteiger partial charge in [-0.1, -0.05) is 30.3 Å². The summed E-state index contributed by atoms with van der Waals surface area (Å²) in [4.78, 5) is 27.3. The molecular weight excluding hydrogens is 306 g/mol. The number of carbonyl (C=O) groups is 2. The first-order valence-electron chi connectivity index (χ1n) is 7.89. The number of amides is 3. The van der Waals surface area contributed by atoms with Crippen LogP contribution in [0.5, 0.6) is 0 Å². The van der Waals surface area contributed by atoms with Gasteiger partial charge in [0.1, 0.15) is 11.9 Å². The minimum atomic E-state index is -0.332. The molecule has 0 aliphatic rings. The number of hydrogen-bond acceptors (Lipinski definition) is 3. The van der Waals surface area contributed by atoms with E-state index in [4.69, 9.17) is 0 Å². The Hall–Kier alpha value is -2.83. The summed E-state index contributed by atoms with van der Waals surface area (Å²) in [5.74, 6) is 0.688. The van der Waals surface area contributed by atoms with E-state index in [-0.39, 0.29) is 18.0 Å². The average molecular weight is 329 g/mol. The number of benzene rings is 1. The zero-order valence-electron chi connectivity index (χ0n) is 14.0. The fourth-order valence-corrected chi connectivity index (χ4v) is 2.33. The third-order valence-corrected chi connectivity index (χ3v) is 3.54. The summed E-state index contributed by atoms with van der Waals surface area (Å²) in [6, 6.07) is 9.10. The first kappa shape index (κ1) is 17.5. The molecule has 3 N–H and O–H groups in total. The van der Waals surface area contributed by atoms with Crippen LogP contribution < -0.4 is 16.0 Å². The van der Waals surface area contributed by atoms with Crippen molar-refractivity contribution in [2.24, 2.45) is 7.05 Å². The lowest BCUT2D eigenvalue weighted by Gasteiger charge is -2.19. The van der Waals surface area contributed by atoms with Crippen molar-refractivity contribution in [3.63, 3.8) is 0 Å². The van der Waals surface area contributed by atoms with E-state index in [0.717, 1.165) is 11.4 Å². The molecule has 0 aliphatic carbocycles. The van der Waals surface area contributed by atoms with Crippen molar-refractivity contribution < 1.29 is 9.59 Å². The van der Waals surface area contributed by atoms with Crippen LogP contribution in [0, 0.1) is 0 Å². The fourth-order valence-electron chi connectivity index (χ4n) is 2.33. The molecule has 3 amide bonds. The van der Waals surface area contributed by atoms with Crippen LogP contribution in [0.25, 0.3) is 0 Å². The molecule has 0 saturated carbocycles. The molecule has 7 heteroatoms. The van der Waals surface area contributed by atoms with E-state index >= 15 is 0 Å². The highest BCUT2D eigenvalue weighted by atomic mass is 16.2. The molecule has 1 aromatic carbocycles. The van der Waals surface area contributed by atoms with Crippen molar-refractivity contribution in [3.8, 4) is 0 Å². The Morgan fingerprint density at radius 3 is 2.50 bits per heavy atom. The Morgan fingerprint density at radius 2 is 1.88 bits per heavy atom. The van der Waals surface area contributed by atoms with Crippen LogP contribution in [0.15, 0.2) is 42.7 Å². The van der Waals surface area contributed by atoms with Crippen LogP contribution >= 0.6 is 0 Å². The number of urea groups is 1. The van der Waals surface area contributed by atoms with Gasteiger partial charge in [-0.25, -0.2) is 9.78 Å². The summed E-state index contributed by atoms with van der Waals surface area (Å²) in [6.07, 6.45) is 4.22. The van der Waals surface area contributed by atoms with Gasteiger partial charge in [-0.3, -0.25) is 4.79 Å². The maximum atomic E-state index is 12.2. The van der Waals surface area contributed by atoms with Crippen molar-refractivity contribution in [2.45, 2.75) is 19.4 Å². The average Bonchev–Trinajstić information content (AvgIpc) is 2.98. The Labute approximate surface area is 141 Å². The summed E-state index contributed by atoms with van der Waals surface area (Å²) >= 11 is 0. The third-order valence-electron chi connectivity index (χ3n) is 3.54. The number of carbonyl (C=O) groups excluding carboxylic acids is 2. The molecule has 0 aliphatic heterocycles. The predicted molar refractivity (Wildman–Crippen MR) is 91.3 cm³/mol. The smallest absolute Gasteiger partial charge is 0.315 e. The molecule has 7 nitrogen and oxygen atoms in total. The fraction of sp³-hybridized carbons (Fsp3) is 0.353. The maximum absolute atomic E-state index is 12.2. The molecule has 2 rings (SSSR count). The number of nitrogens with zero attached hydrogens (tertiary/aromatic N) is 2. The van der Waals surface area contributed by atoms with Crippen LogP contribution in [-0.2, 0) is 11.8 Å². The molecule has 0 unspecified atom stereocenters. The normalized spacial score (nSPS) is 11.6. The van der Waals surface area contributed by atoms with Crippen molar-refractivity contribution in [3.05, 3.63) is 54.1 Å². The van der Waals surface area contributed by atoms with E-state index in [1.165, 1.54) is 6.92 Å². The first-order chi connectivity index (χ1) is 11.6. The van der Waals surface area contributed by atoms with Crippen LogP contribution in [0.2, 0.25) is 0 Å². The zero-order valence-corrected chi connectivity index (χ0v) is 14.0. The summed E-state index contributed by atoms with van der Waals surface area (Å²) < 4.78 is 1.88. The van der Waals surface area contributed by atoms with E-state index in [9.17, 15) is 9.59 Å². The monoisotopic (exact) mass is 329 g/mol. The molecule has 0 spiro atoms. The number of aryl methyl sites for hydroxylation is 1. The summed E-state index contributed by atoms with van der Waals surface area (Å²) in [5.41, 5.74) is 0.959. The van der Waals surface area contributed by atoms with Gasteiger partial charge in [0, 0.05) is 39.5 Å². The Morgan fingerprint density at radius 1 is 1.17 bits per heavy atom. The van der Waals surface area contributed by atoms with Crippen molar-refractivity contribution in [1.82, 2.24) is 25.5 Å². The highest BCUT2D eigenvalue weighted by Crippen LogP contribution is 2.19. The minimum Gasteiger partial charge on any atom is -0.356 e. The molecule has 0 radical (unpaired) electrons. The van der Waals surface area contributed by atoms with E-state index in [2.05, 4.69) is 20.9 Å². The Balaban J connectivity index is 1.95. The van der Waals surface area contributed by atoms with E-state index in [1.54, 1.807) is 6.20 Å². The second-order valence-electron chi connectivity index (χ2n) is 5.48. The Kier molecular flexibility index (Phi) is 6.36. The molecule has 2 aromatic rings. The summed E-state index contributed by atoms with van der Waals surface area (Å²) in [5, 5.41) is 8.45. The lowest BCUT2D eigenvalue weighted by Crippen LogP contribution is -2.40. The van der Waals surface area contributed by atoms with Gasteiger partial charge in [-0.2, -0.15) is 0 Å². The van der Waals surface area contributed by atoms with Gasteiger partial charge in [-0.15, -0.1) is 0 Å². The molecule has 0 bridgehead atoms. The van der Waals surface area contributed by atoms with Gasteiger partial charge >= 0.3 is 6.03 Å². The molecular formula is C17H23N5O2. The van der Waals surface area contributed by atoms with E-state index in [1.807, 2.05) is 48.1 Å². The van der Waals surface area contributed by atoms with Gasteiger partial charge in [-0.05, 0) is 12.0 Å². The van der Waals surface area contributed by atoms with Gasteiger partial charge < -0.3 is 20.5 Å². The maximum Gasteiger partial charge on any atom is 0.315 e.